The molecule has 0 aromatic heterocycles. The van der Waals surface area contributed by atoms with Gasteiger partial charge in [0.1, 0.15) is 0 Å². The Morgan fingerprint density at radius 1 is 1.32 bits per heavy atom. The van der Waals surface area contributed by atoms with Crippen molar-refractivity contribution in [2.24, 2.45) is 0 Å². The summed E-state index contributed by atoms with van der Waals surface area (Å²) < 4.78 is 4.84. The first-order valence-electron chi connectivity index (χ1n) is 6.57. The van der Waals surface area contributed by atoms with Gasteiger partial charge in [0.25, 0.3) is 0 Å². The van der Waals surface area contributed by atoms with Crippen molar-refractivity contribution in [2.75, 3.05) is 7.11 Å². The van der Waals surface area contributed by atoms with Gasteiger partial charge in [-0.2, -0.15) is 0 Å². The number of ether oxygens (including phenoxy) is 1. The fourth-order valence-electron chi connectivity index (χ4n) is 1.94. The van der Waals surface area contributed by atoms with Gasteiger partial charge in [0.15, 0.2) is 0 Å². The minimum Gasteiger partial charge on any atom is -0.466 e. The molecule has 0 aliphatic carbocycles. The van der Waals surface area contributed by atoms with Gasteiger partial charge in [0.2, 0.25) is 0 Å². The Bertz CT molecular complexity index is 435. The molecule has 0 aliphatic rings. The van der Waals surface area contributed by atoms with Crippen molar-refractivity contribution in [2.45, 2.75) is 39.2 Å². The van der Waals surface area contributed by atoms with E-state index in [0.717, 1.165) is 11.1 Å². The number of hydrogen-bond acceptors (Lipinski definition) is 3. The summed E-state index contributed by atoms with van der Waals surface area (Å²) in [7, 11) is 1.39. The van der Waals surface area contributed by atoms with Crippen LogP contribution in [-0.2, 0) is 16.0 Å². The predicted molar refractivity (Wildman–Crippen MR) is 75.8 cm³/mol. The summed E-state index contributed by atoms with van der Waals surface area (Å²) in [6, 6.07) is 9.79. The lowest BCUT2D eigenvalue weighted by Crippen LogP contribution is -2.13. The minimum atomic E-state index is -0.407. The third-order valence-corrected chi connectivity index (χ3v) is 3.18. The smallest absolute Gasteiger partial charge is 0.334 e. The van der Waals surface area contributed by atoms with Crippen LogP contribution in [0, 0.1) is 0 Å². The summed E-state index contributed by atoms with van der Waals surface area (Å²) in [6.45, 7) is 3.81. The van der Waals surface area contributed by atoms with Crippen LogP contribution in [0.2, 0.25) is 0 Å². The topological polar surface area (TPSA) is 46.5 Å². The van der Waals surface area contributed by atoms with Gasteiger partial charge in [0, 0.05) is 12.0 Å². The molecule has 104 valence electrons. The van der Waals surface area contributed by atoms with Crippen LogP contribution in [0.4, 0.5) is 0 Å². The van der Waals surface area contributed by atoms with E-state index in [-0.39, 0.29) is 5.97 Å². The van der Waals surface area contributed by atoms with Crippen molar-refractivity contribution in [1.82, 2.24) is 0 Å². The van der Waals surface area contributed by atoms with Crippen LogP contribution in [0.3, 0.4) is 0 Å². The van der Waals surface area contributed by atoms with E-state index < -0.39 is 6.10 Å². The van der Waals surface area contributed by atoms with Gasteiger partial charge in [0.05, 0.1) is 13.2 Å². The van der Waals surface area contributed by atoms with Crippen molar-refractivity contribution in [3.05, 3.63) is 47.0 Å². The summed E-state index contributed by atoms with van der Waals surface area (Å²) in [5.74, 6) is -0.315. The highest BCUT2D eigenvalue weighted by Crippen LogP contribution is 2.18. The van der Waals surface area contributed by atoms with Crippen LogP contribution >= 0.6 is 0 Å². The molecular weight excluding hydrogens is 240 g/mol. The molecule has 1 unspecified atom stereocenters. The quantitative estimate of drug-likeness (QED) is 0.633. The van der Waals surface area contributed by atoms with Gasteiger partial charge in [-0.25, -0.2) is 4.79 Å². The first kappa shape index (κ1) is 15.4. The van der Waals surface area contributed by atoms with Crippen LogP contribution in [0.25, 0.3) is 0 Å². The third kappa shape index (κ3) is 4.87. The van der Waals surface area contributed by atoms with Crippen molar-refractivity contribution in [3.8, 4) is 0 Å². The molecule has 3 nitrogen and oxygen atoms in total. The fourth-order valence-corrected chi connectivity index (χ4v) is 1.94. The average molecular weight is 262 g/mol. The van der Waals surface area contributed by atoms with Crippen molar-refractivity contribution >= 4 is 5.97 Å². The van der Waals surface area contributed by atoms with Crippen LogP contribution < -0.4 is 0 Å². The van der Waals surface area contributed by atoms with Crippen molar-refractivity contribution < 1.29 is 14.6 Å². The molecule has 0 saturated carbocycles. The SMILES string of the molecule is CCC(O)CC(C)=C(Cc1ccccc1)C(=O)OC. The van der Waals surface area contributed by atoms with E-state index in [0.29, 0.717) is 24.8 Å². The van der Waals surface area contributed by atoms with Crippen LogP contribution in [0.5, 0.6) is 0 Å². The van der Waals surface area contributed by atoms with E-state index in [1.807, 2.05) is 44.2 Å². The maximum Gasteiger partial charge on any atom is 0.334 e. The molecule has 1 rings (SSSR count). The number of esters is 1. The summed E-state index contributed by atoms with van der Waals surface area (Å²) in [6.07, 6.45) is 1.32. The largest absolute Gasteiger partial charge is 0.466 e. The van der Waals surface area contributed by atoms with E-state index >= 15 is 0 Å². The van der Waals surface area contributed by atoms with E-state index in [1.54, 1.807) is 0 Å². The van der Waals surface area contributed by atoms with E-state index in [9.17, 15) is 9.90 Å². The molecule has 0 fully saturated rings. The Labute approximate surface area is 114 Å². The second-order valence-corrected chi connectivity index (χ2v) is 4.68. The zero-order valence-electron chi connectivity index (χ0n) is 11.8. The lowest BCUT2D eigenvalue weighted by molar-refractivity contribution is -0.136. The summed E-state index contributed by atoms with van der Waals surface area (Å²) in [5.41, 5.74) is 2.60. The fraction of sp³-hybridized carbons (Fsp3) is 0.438. The number of carbonyl (C=O) groups is 1. The Balaban J connectivity index is 2.94. The maximum atomic E-state index is 11.9. The molecule has 19 heavy (non-hydrogen) atoms. The van der Waals surface area contributed by atoms with Crippen LogP contribution in [0.1, 0.15) is 32.3 Å². The van der Waals surface area contributed by atoms with Crippen molar-refractivity contribution in [3.63, 3.8) is 0 Å². The molecule has 3 heteroatoms. The van der Waals surface area contributed by atoms with Gasteiger partial charge in [-0.1, -0.05) is 42.8 Å². The number of rotatable bonds is 6. The summed E-state index contributed by atoms with van der Waals surface area (Å²) >= 11 is 0. The number of aliphatic hydroxyl groups is 1. The second-order valence-electron chi connectivity index (χ2n) is 4.68. The molecule has 1 aromatic rings. The lowest BCUT2D eigenvalue weighted by atomic mass is 9.96. The predicted octanol–water partition coefficient (Wildman–Crippen LogP) is 2.88. The Hall–Kier alpha value is -1.61. The lowest BCUT2D eigenvalue weighted by Gasteiger charge is -2.13. The van der Waals surface area contributed by atoms with Crippen LogP contribution in [0.15, 0.2) is 41.5 Å². The Morgan fingerprint density at radius 3 is 2.47 bits per heavy atom. The monoisotopic (exact) mass is 262 g/mol. The molecule has 1 atom stereocenters. The molecule has 0 amide bonds. The molecule has 0 saturated heterocycles. The highest BCUT2D eigenvalue weighted by atomic mass is 16.5. The van der Waals surface area contributed by atoms with Crippen molar-refractivity contribution in [1.29, 1.82) is 0 Å². The minimum absolute atomic E-state index is 0.315. The summed E-state index contributed by atoms with van der Waals surface area (Å²) in [5, 5.41) is 9.71. The molecule has 0 heterocycles. The molecule has 1 aromatic carbocycles. The van der Waals surface area contributed by atoms with Gasteiger partial charge in [-0.3, -0.25) is 0 Å². The highest BCUT2D eigenvalue weighted by Gasteiger charge is 2.15. The first-order chi connectivity index (χ1) is 9.08. The zero-order valence-corrected chi connectivity index (χ0v) is 11.8. The number of aliphatic hydroxyl groups excluding tert-OH is 1. The number of carbonyl (C=O) groups excluding carboxylic acids is 1. The molecule has 0 radical (unpaired) electrons. The summed E-state index contributed by atoms with van der Waals surface area (Å²) in [4.78, 5) is 11.9. The molecule has 0 aliphatic heterocycles. The van der Waals surface area contributed by atoms with Gasteiger partial charge >= 0.3 is 5.97 Å². The second kappa shape index (κ2) is 7.74. The molecule has 1 N–H and O–H groups in total. The van der Waals surface area contributed by atoms with E-state index in [2.05, 4.69) is 0 Å². The Kier molecular flexibility index (Phi) is 6.30. The van der Waals surface area contributed by atoms with E-state index in [1.165, 1.54) is 7.11 Å². The normalized spacial score (nSPS) is 13.7. The van der Waals surface area contributed by atoms with Crippen LogP contribution in [-0.4, -0.2) is 24.3 Å². The average Bonchev–Trinajstić information content (AvgIpc) is 2.44. The molecule has 0 bridgehead atoms. The first-order valence-corrected chi connectivity index (χ1v) is 6.57. The van der Waals surface area contributed by atoms with Gasteiger partial charge in [-0.15, -0.1) is 0 Å². The number of benzene rings is 1. The van der Waals surface area contributed by atoms with Gasteiger partial charge < -0.3 is 9.84 Å². The maximum absolute atomic E-state index is 11.9. The molecular formula is C16H22O3. The molecule has 0 spiro atoms. The number of hydrogen-bond donors (Lipinski definition) is 1. The number of methoxy groups -OCH3 is 1. The Morgan fingerprint density at radius 2 is 1.95 bits per heavy atom. The zero-order chi connectivity index (χ0) is 14.3. The third-order valence-electron chi connectivity index (χ3n) is 3.18. The van der Waals surface area contributed by atoms with Gasteiger partial charge in [-0.05, 0) is 25.3 Å². The standard InChI is InChI=1S/C16H22O3/c1-4-14(17)10-12(2)15(16(18)19-3)11-13-8-6-5-7-9-13/h5-9,14,17H,4,10-11H2,1-3H3. The highest BCUT2D eigenvalue weighted by molar-refractivity contribution is 5.89. The van der Waals surface area contributed by atoms with E-state index in [4.69, 9.17) is 4.74 Å².